The van der Waals surface area contributed by atoms with Crippen molar-refractivity contribution in [1.82, 2.24) is 4.90 Å². The van der Waals surface area contributed by atoms with E-state index in [0.29, 0.717) is 19.6 Å². The Labute approximate surface area is 163 Å². The monoisotopic (exact) mass is 375 g/mol. The van der Waals surface area contributed by atoms with E-state index in [0.717, 1.165) is 37.0 Å². The molecular weight excluding hydrogens is 342 g/mol. The summed E-state index contributed by atoms with van der Waals surface area (Å²) < 4.78 is 10.2. The second-order valence-electron chi connectivity index (χ2n) is 7.17. The van der Waals surface area contributed by atoms with Crippen molar-refractivity contribution in [2.24, 2.45) is 0 Å². The summed E-state index contributed by atoms with van der Waals surface area (Å²) in [5.74, 6) is 0.644. The van der Waals surface area contributed by atoms with Crippen molar-refractivity contribution >= 4 is 11.9 Å². The second-order valence-corrected chi connectivity index (χ2v) is 7.17. The number of esters is 1. The van der Waals surface area contributed by atoms with E-state index in [1.807, 2.05) is 29.2 Å². The van der Waals surface area contributed by atoms with Gasteiger partial charge in [0.1, 0.15) is 5.75 Å². The number of amides is 1. The van der Waals surface area contributed by atoms with Crippen LogP contribution < -0.4 is 4.74 Å². The van der Waals surface area contributed by atoms with Gasteiger partial charge in [-0.2, -0.15) is 0 Å². The second kappa shape index (κ2) is 11.6. The minimum absolute atomic E-state index is 0.0926. The van der Waals surface area contributed by atoms with Crippen LogP contribution in [-0.4, -0.2) is 43.1 Å². The first-order valence-corrected chi connectivity index (χ1v) is 10.2. The lowest BCUT2D eigenvalue weighted by atomic mass is 9.95. The van der Waals surface area contributed by atoms with E-state index in [1.165, 1.54) is 19.3 Å². The first kappa shape index (κ1) is 21.3. The van der Waals surface area contributed by atoms with Gasteiger partial charge in [0.05, 0.1) is 26.6 Å². The Morgan fingerprint density at radius 1 is 1.04 bits per heavy atom. The Morgan fingerprint density at radius 3 is 2.26 bits per heavy atom. The number of carbonyl (C=O) groups is 2. The van der Waals surface area contributed by atoms with E-state index in [4.69, 9.17) is 9.47 Å². The molecule has 1 aromatic carbocycles. The molecule has 0 radical (unpaired) electrons. The number of ether oxygens (including phenoxy) is 2. The minimum atomic E-state index is -0.231. The van der Waals surface area contributed by atoms with E-state index in [-0.39, 0.29) is 24.3 Å². The Hall–Kier alpha value is -2.04. The third kappa shape index (κ3) is 7.24. The zero-order valence-electron chi connectivity index (χ0n) is 16.7. The van der Waals surface area contributed by atoms with Gasteiger partial charge in [-0.05, 0) is 37.5 Å². The molecule has 0 unspecified atom stereocenters. The van der Waals surface area contributed by atoms with Gasteiger partial charge in [-0.3, -0.25) is 9.59 Å². The van der Waals surface area contributed by atoms with Gasteiger partial charge in [0.2, 0.25) is 5.91 Å². The van der Waals surface area contributed by atoms with Gasteiger partial charge in [-0.1, -0.05) is 44.2 Å². The third-order valence-corrected chi connectivity index (χ3v) is 5.21. The molecule has 0 N–H and O–H groups in total. The van der Waals surface area contributed by atoms with Crippen molar-refractivity contribution in [3.8, 4) is 5.75 Å². The van der Waals surface area contributed by atoms with Gasteiger partial charge < -0.3 is 14.4 Å². The molecule has 0 bridgehead atoms. The third-order valence-electron chi connectivity index (χ3n) is 5.21. The van der Waals surface area contributed by atoms with Crippen molar-refractivity contribution < 1.29 is 19.1 Å². The molecule has 27 heavy (non-hydrogen) atoms. The minimum Gasteiger partial charge on any atom is -0.497 e. The predicted octanol–water partition coefficient (Wildman–Crippen LogP) is 4.13. The van der Waals surface area contributed by atoms with E-state index in [2.05, 4.69) is 0 Å². The summed E-state index contributed by atoms with van der Waals surface area (Å²) in [6, 6.07) is 7.84. The number of hydrogen-bond donors (Lipinski definition) is 0. The Morgan fingerprint density at radius 2 is 1.67 bits per heavy atom. The van der Waals surface area contributed by atoms with Crippen molar-refractivity contribution in [3.05, 3.63) is 29.8 Å². The van der Waals surface area contributed by atoms with Gasteiger partial charge in [0, 0.05) is 12.6 Å². The fraction of sp³-hybridized carbons (Fsp3) is 0.636. The average molecular weight is 376 g/mol. The van der Waals surface area contributed by atoms with Crippen molar-refractivity contribution in [1.29, 1.82) is 0 Å². The van der Waals surface area contributed by atoms with Crippen LogP contribution in [0.1, 0.15) is 63.9 Å². The average Bonchev–Trinajstić information content (AvgIpc) is 2.64. The van der Waals surface area contributed by atoms with Crippen molar-refractivity contribution in [3.63, 3.8) is 0 Å². The SMILES string of the molecule is CCOC(=O)CCN(C(=O)Cc1ccc(OC)cc1)C1CCCCCCC1. The van der Waals surface area contributed by atoms with Gasteiger partial charge >= 0.3 is 5.97 Å². The molecule has 0 aromatic heterocycles. The fourth-order valence-corrected chi connectivity index (χ4v) is 3.72. The first-order valence-electron chi connectivity index (χ1n) is 10.2. The number of carbonyl (C=O) groups excluding carboxylic acids is 2. The predicted molar refractivity (Wildman–Crippen MR) is 106 cm³/mol. The van der Waals surface area contributed by atoms with Crippen molar-refractivity contribution in [2.75, 3.05) is 20.3 Å². The normalized spacial score (nSPS) is 15.5. The highest BCUT2D eigenvalue weighted by Gasteiger charge is 2.25. The molecule has 1 aromatic rings. The molecule has 0 spiro atoms. The smallest absolute Gasteiger partial charge is 0.307 e. The molecule has 150 valence electrons. The summed E-state index contributed by atoms with van der Waals surface area (Å²) >= 11 is 0. The summed E-state index contributed by atoms with van der Waals surface area (Å²) in [6.07, 6.45) is 8.71. The van der Waals surface area contributed by atoms with Crippen LogP contribution in [0.15, 0.2) is 24.3 Å². The van der Waals surface area contributed by atoms with Gasteiger partial charge in [-0.25, -0.2) is 0 Å². The molecule has 0 aliphatic heterocycles. The molecule has 1 fully saturated rings. The van der Waals surface area contributed by atoms with Crippen LogP contribution in [0.5, 0.6) is 5.75 Å². The largest absolute Gasteiger partial charge is 0.497 e. The van der Waals surface area contributed by atoms with Crippen LogP contribution in [0.3, 0.4) is 0 Å². The van der Waals surface area contributed by atoms with Gasteiger partial charge in [-0.15, -0.1) is 0 Å². The van der Waals surface area contributed by atoms with Crippen LogP contribution in [0.4, 0.5) is 0 Å². The molecule has 0 saturated heterocycles. The zero-order valence-corrected chi connectivity index (χ0v) is 16.7. The zero-order chi connectivity index (χ0) is 19.5. The maximum Gasteiger partial charge on any atom is 0.307 e. The quantitative estimate of drug-likeness (QED) is 0.641. The number of hydrogen-bond acceptors (Lipinski definition) is 4. The maximum atomic E-state index is 13.1. The summed E-state index contributed by atoms with van der Waals surface area (Å²) in [5, 5.41) is 0. The molecule has 0 atom stereocenters. The van der Waals surface area contributed by atoms with Crippen LogP contribution in [0, 0.1) is 0 Å². The summed E-state index contributed by atoms with van der Waals surface area (Å²) in [5.41, 5.74) is 0.966. The summed E-state index contributed by atoms with van der Waals surface area (Å²) in [6.45, 7) is 2.62. The molecule has 1 aliphatic rings. The molecule has 0 heterocycles. The number of methoxy groups -OCH3 is 1. The number of benzene rings is 1. The first-order chi connectivity index (χ1) is 13.1. The number of nitrogens with zero attached hydrogens (tertiary/aromatic N) is 1. The number of rotatable bonds is 8. The molecule has 1 aliphatic carbocycles. The van der Waals surface area contributed by atoms with Gasteiger partial charge in [0.25, 0.3) is 0 Å². The maximum absolute atomic E-state index is 13.1. The summed E-state index contributed by atoms with van der Waals surface area (Å²) in [7, 11) is 1.63. The lowest BCUT2D eigenvalue weighted by molar-refractivity contribution is -0.144. The molecule has 5 heteroatoms. The van der Waals surface area contributed by atoms with Crippen LogP contribution in [-0.2, 0) is 20.7 Å². The van der Waals surface area contributed by atoms with Gasteiger partial charge in [0.15, 0.2) is 0 Å². The fourth-order valence-electron chi connectivity index (χ4n) is 3.72. The van der Waals surface area contributed by atoms with Crippen LogP contribution in [0.2, 0.25) is 0 Å². The molecule has 5 nitrogen and oxygen atoms in total. The standard InChI is InChI=1S/C22H33NO4/c1-3-27-22(25)15-16-23(19-9-7-5-4-6-8-10-19)21(24)17-18-11-13-20(26-2)14-12-18/h11-14,19H,3-10,15-17H2,1-2H3. The molecular formula is C22H33NO4. The Bertz CT molecular complexity index is 576. The van der Waals surface area contributed by atoms with Crippen LogP contribution in [0.25, 0.3) is 0 Å². The topological polar surface area (TPSA) is 55.8 Å². The molecule has 1 saturated carbocycles. The van der Waals surface area contributed by atoms with E-state index >= 15 is 0 Å². The lowest BCUT2D eigenvalue weighted by Crippen LogP contribution is -2.43. The highest BCUT2D eigenvalue weighted by molar-refractivity contribution is 5.80. The van der Waals surface area contributed by atoms with Crippen LogP contribution >= 0.6 is 0 Å². The van der Waals surface area contributed by atoms with E-state index < -0.39 is 0 Å². The molecule has 2 rings (SSSR count). The highest BCUT2D eigenvalue weighted by atomic mass is 16.5. The van der Waals surface area contributed by atoms with Crippen molar-refractivity contribution in [2.45, 2.75) is 70.8 Å². The lowest BCUT2D eigenvalue weighted by Gasteiger charge is -2.33. The highest BCUT2D eigenvalue weighted by Crippen LogP contribution is 2.23. The Balaban J connectivity index is 2.05. The van der Waals surface area contributed by atoms with E-state index in [9.17, 15) is 9.59 Å². The molecule has 1 amide bonds. The van der Waals surface area contributed by atoms with E-state index in [1.54, 1.807) is 14.0 Å². The Kier molecular flexibility index (Phi) is 9.16. The summed E-state index contributed by atoms with van der Waals surface area (Å²) in [4.78, 5) is 26.8.